The maximum absolute atomic E-state index is 12.8. The summed E-state index contributed by atoms with van der Waals surface area (Å²) in [5.74, 6) is -2.31. The van der Waals surface area contributed by atoms with E-state index in [1.807, 2.05) is 0 Å². The van der Waals surface area contributed by atoms with Crippen LogP contribution in [0.1, 0.15) is 69.1 Å². The molecule has 0 aromatic heterocycles. The molecule has 0 radical (unpaired) electrons. The summed E-state index contributed by atoms with van der Waals surface area (Å²) in [5, 5.41) is 0. The Balaban J connectivity index is 1.51. The molecule has 0 N–H and O–H groups in total. The quantitative estimate of drug-likeness (QED) is 0.483. The van der Waals surface area contributed by atoms with Gasteiger partial charge in [-0.15, -0.1) is 0 Å². The van der Waals surface area contributed by atoms with Crippen LogP contribution in [0.15, 0.2) is 48.5 Å². The lowest BCUT2D eigenvalue weighted by Gasteiger charge is -2.36. The molecular weight excluding hydrogens is 435 g/mol. The Hall–Kier alpha value is -3.13. The van der Waals surface area contributed by atoms with Gasteiger partial charge in [0.2, 0.25) is 0 Å². The molecule has 32 heavy (non-hydrogen) atoms. The third kappa shape index (κ3) is 3.39. The van der Waals surface area contributed by atoms with E-state index in [4.69, 9.17) is 9.05 Å². The van der Waals surface area contributed by atoms with Gasteiger partial charge in [0.25, 0.3) is 23.6 Å². The Morgan fingerprint density at radius 3 is 1.09 bits per heavy atom. The van der Waals surface area contributed by atoms with Crippen molar-refractivity contribution in [3.8, 4) is 0 Å². The second-order valence-electron chi connectivity index (χ2n) is 8.33. The third-order valence-electron chi connectivity index (χ3n) is 5.33. The molecule has 0 spiro atoms. The fourth-order valence-corrected chi connectivity index (χ4v) is 4.92. The molecule has 0 unspecified atom stereocenters. The normalized spacial score (nSPS) is 16.3. The molecule has 0 saturated carbocycles. The Labute approximate surface area is 184 Å². The molecule has 2 heterocycles. The van der Waals surface area contributed by atoms with E-state index in [-0.39, 0.29) is 22.3 Å². The SMILES string of the molecule is CC(C)(O[PH](=O)OC(C)(C)N1C(=O)c2ccccc2C1=O)N1C(=O)c2ccccc2C1=O. The second kappa shape index (κ2) is 7.48. The number of rotatable bonds is 6. The summed E-state index contributed by atoms with van der Waals surface area (Å²) in [5.41, 5.74) is -2.33. The van der Waals surface area contributed by atoms with Gasteiger partial charge in [-0.1, -0.05) is 24.3 Å². The lowest BCUT2D eigenvalue weighted by atomic mass is 10.1. The van der Waals surface area contributed by atoms with Crippen LogP contribution >= 0.6 is 8.25 Å². The zero-order chi connectivity index (χ0) is 23.4. The van der Waals surface area contributed by atoms with Gasteiger partial charge in [0, 0.05) is 0 Å². The number of hydrogen-bond acceptors (Lipinski definition) is 7. The monoisotopic (exact) mass is 456 g/mol. The van der Waals surface area contributed by atoms with Crippen molar-refractivity contribution in [1.82, 2.24) is 9.80 Å². The number of nitrogens with zero attached hydrogens (tertiary/aromatic N) is 2. The van der Waals surface area contributed by atoms with Crippen molar-refractivity contribution < 1.29 is 32.8 Å². The minimum atomic E-state index is -3.38. The number of benzene rings is 2. The molecule has 9 nitrogen and oxygen atoms in total. The van der Waals surface area contributed by atoms with Crippen LogP contribution in [0.2, 0.25) is 0 Å². The van der Waals surface area contributed by atoms with Crippen LogP contribution < -0.4 is 0 Å². The van der Waals surface area contributed by atoms with E-state index in [0.29, 0.717) is 0 Å². The first-order chi connectivity index (χ1) is 15.0. The minimum Gasteiger partial charge on any atom is -0.283 e. The van der Waals surface area contributed by atoms with Crippen LogP contribution in [0.4, 0.5) is 0 Å². The topological polar surface area (TPSA) is 110 Å². The van der Waals surface area contributed by atoms with Gasteiger partial charge in [-0.2, -0.15) is 0 Å². The van der Waals surface area contributed by atoms with Crippen LogP contribution in [0.25, 0.3) is 0 Å². The first kappa shape index (κ1) is 22.1. The average molecular weight is 456 g/mol. The highest BCUT2D eigenvalue weighted by Gasteiger charge is 2.48. The van der Waals surface area contributed by atoms with E-state index in [0.717, 1.165) is 9.80 Å². The molecular formula is C22H21N2O7P. The largest absolute Gasteiger partial charge is 0.323 e. The van der Waals surface area contributed by atoms with Gasteiger partial charge >= 0.3 is 8.25 Å². The Morgan fingerprint density at radius 2 is 0.844 bits per heavy atom. The van der Waals surface area contributed by atoms with Gasteiger partial charge in [-0.25, -0.2) is 9.80 Å². The van der Waals surface area contributed by atoms with Crippen LogP contribution in [0, 0.1) is 0 Å². The number of carbonyl (C=O) groups is 4. The van der Waals surface area contributed by atoms with E-state index in [9.17, 15) is 23.7 Å². The summed E-state index contributed by atoms with van der Waals surface area (Å²) < 4.78 is 23.8. The number of imide groups is 2. The van der Waals surface area contributed by atoms with Crippen molar-refractivity contribution in [1.29, 1.82) is 0 Å². The van der Waals surface area contributed by atoms with Crippen molar-refractivity contribution >= 4 is 31.9 Å². The van der Waals surface area contributed by atoms with Crippen molar-refractivity contribution in [2.45, 2.75) is 39.1 Å². The molecule has 10 heteroatoms. The molecule has 2 aliphatic heterocycles. The van der Waals surface area contributed by atoms with E-state index < -0.39 is 43.3 Å². The first-order valence-electron chi connectivity index (χ1n) is 9.83. The Morgan fingerprint density at radius 1 is 0.594 bits per heavy atom. The number of hydrogen-bond donors (Lipinski definition) is 0. The number of amides is 4. The summed E-state index contributed by atoms with van der Waals surface area (Å²) in [4.78, 5) is 52.7. The number of carbonyl (C=O) groups excluding carboxylic acids is 4. The van der Waals surface area contributed by atoms with Crippen molar-refractivity contribution in [2.75, 3.05) is 0 Å². The summed E-state index contributed by atoms with van der Waals surface area (Å²) in [6.07, 6.45) is 0. The van der Waals surface area contributed by atoms with Gasteiger partial charge < -0.3 is 0 Å². The minimum absolute atomic E-state index is 0.223. The fraction of sp³-hybridized carbons (Fsp3) is 0.273. The third-order valence-corrected chi connectivity index (χ3v) is 6.66. The molecule has 4 rings (SSSR count). The second-order valence-corrected chi connectivity index (χ2v) is 9.24. The van der Waals surface area contributed by atoms with Gasteiger partial charge in [0.05, 0.1) is 22.3 Å². The molecule has 4 amide bonds. The molecule has 0 fully saturated rings. The van der Waals surface area contributed by atoms with Crippen molar-refractivity contribution in [2.24, 2.45) is 0 Å². The summed E-state index contributed by atoms with van der Waals surface area (Å²) >= 11 is 0. The zero-order valence-electron chi connectivity index (χ0n) is 17.9. The highest BCUT2D eigenvalue weighted by Crippen LogP contribution is 2.42. The smallest absolute Gasteiger partial charge is 0.283 e. The van der Waals surface area contributed by atoms with Crippen LogP contribution in [-0.2, 0) is 13.6 Å². The van der Waals surface area contributed by atoms with E-state index in [1.165, 1.54) is 52.0 Å². The van der Waals surface area contributed by atoms with Gasteiger partial charge in [-0.05, 0) is 52.0 Å². The Bertz CT molecular complexity index is 1040. The van der Waals surface area contributed by atoms with E-state index in [1.54, 1.807) is 24.3 Å². The van der Waals surface area contributed by atoms with Crippen molar-refractivity contribution in [3.63, 3.8) is 0 Å². The fourth-order valence-electron chi connectivity index (χ4n) is 3.88. The molecule has 0 bridgehead atoms. The molecule has 0 aliphatic carbocycles. The highest BCUT2D eigenvalue weighted by atomic mass is 31.1. The Kier molecular flexibility index (Phi) is 5.16. The number of fused-ring (bicyclic) bond motifs is 2. The lowest BCUT2D eigenvalue weighted by molar-refractivity contribution is -0.0563. The molecule has 0 saturated heterocycles. The zero-order valence-corrected chi connectivity index (χ0v) is 18.9. The summed E-state index contributed by atoms with van der Waals surface area (Å²) in [6.45, 7) is 5.65. The molecule has 2 aliphatic rings. The van der Waals surface area contributed by atoms with E-state index >= 15 is 0 Å². The van der Waals surface area contributed by atoms with Crippen LogP contribution in [-0.4, -0.2) is 44.9 Å². The van der Waals surface area contributed by atoms with Crippen molar-refractivity contribution in [3.05, 3.63) is 70.8 Å². The molecule has 2 aromatic rings. The maximum Gasteiger partial charge on any atom is 0.323 e. The average Bonchev–Trinajstić information content (AvgIpc) is 3.13. The van der Waals surface area contributed by atoms with E-state index in [2.05, 4.69) is 0 Å². The highest BCUT2D eigenvalue weighted by molar-refractivity contribution is 7.33. The first-order valence-corrected chi connectivity index (χ1v) is 11.1. The van der Waals surface area contributed by atoms with Crippen LogP contribution in [0.5, 0.6) is 0 Å². The summed E-state index contributed by atoms with van der Waals surface area (Å²) in [7, 11) is -3.38. The van der Waals surface area contributed by atoms with Gasteiger partial charge in [0.15, 0.2) is 11.4 Å². The maximum atomic E-state index is 12.8. The van der Waals surface area contributed by atoms with Gasteiger partial charge in [-0.3, -0.25) is 32.8 Å². The molecule has 166 valence electrons. The predicted molar refractivity (Wildman–Crippen MR) is 113 cm³/mol. The molecule has 2 aromatic carbocycles. The van der Waals surface area contributed by atoms with Gasteiger partial charge in [0.1, 0.15) is 0 Å². The summed E-state index contributed by atoms with van der Waals surface area (Å²) in [6, 6.07) is 12.6. The predicted octanol–water partition coefficient (Wildman–Crippen LogP) is 3.47. The molecule has 0 atom stereocenters. The van der Waals surface area contributed by atoms with Crippen LogP contribution in [0.3, 0.4) is 0 Å². The standard InChI is InChI=1S/C22H21N2O7P/c1-21(2,23-17(25)13-9-5-6-10-14(13)18(23)26)30-32(29)31-22(3,4)24-19(27)15-11-7-8-12-16(15)20(24)28/h5-12,32H,1-4H3. The lowest BCUT2D eigenvalue weighted by Crippen LogP contribution is -2.50.